The largest absolute Gasteiger partial charge is 0.299 e. The molecule has 0 aliphatic carbocycles. The molecule has 2 heterocycles. The lowest BCUT2D eigenvalue weighted by molar-refractivity contribution is 0.108. The van der Waals surface area contributed by atoms with Gasteiger partial charge in [0.05, 0.1) is 6.20 Å². The van der Waals surface area contributed by atoms with Crippen molar-refractivity contribution in [2.24, 2.45) is 11.3 Å². The van der Waals surface area contributed by atoms with Crippen LogP contribution in [0.3, 0.4) is 0 Å². The minimum absolute atomic E-state index is 0.463. The Balaban J connectivity index is 1.84. The molecule has 1 fully saturated rings. The average molecular weight is 233 g/mol. The quantitative estimate of drug-likeness (QED) is 0.786. The van der Waals surface area contributed by atoms with Crippen LogP contribution >= 0.6 is 0 Å². The minimum atomic E-state index is 0.463. The fourth-order valence-corrected chi connectivity index (χ4v) is 2.63. The smallest absolute Gasteiger partial charge is 0.0541 e. The highest BCUT2D eigenvalue weighted by molar-refractivity contribution is 5.05. The Hall–Kier alpha value is -0.960. The van der Waals surface area contributed by atoms with Gasteiger partial charge in [-0.15, -0.1) is 0 Å². The monoisotopic (exact) mass is 233 g/mol. The van der Waals surface area contributed by atoms with Crippen LogP contribution in [-0.2, 0) is 6.54 Å². The van der Waals surface area contributed by atoms with Crippen molar-refractivity contribution in [2.75, 3.05) is 13.1 Å². The fourth-order valence-electron chi connectivity index (χ4n) is 2.63. The second-order valence-electron chi connectivity index (χ2n) is 6.17. The van der Waals surface area contributed by atoms with Gasteiger partial charge in [0, 0.05) is 12.7 Å². The van der Waals surface area contributed by atoms with E-state index in [4.69, 9.17) is 0 Å². The van der Waals surface area contributed by atoms with E-state index in [0.717, 1.165) is 12.5 Å². The second-order valence-corrected chi connectivity index (χ2v) is 6.17. The SMILES string of the molecule is CC(C)(C)C1CCN(Cc2ccnnc2)CC1. The van der Waals surface area contributed by atoms with Crippen LogP contribution in [-0.4, -0.2) is 28.2 Å². The van der Waals surface area contributed by atoms with Gasteiger partial charge in [-0.05, 0) is 48.9 Å². The van der Waals surface area contributed by atoms with E-state index >= 15 is 0 Å². The minimum Gasteiger partial charge on any atom is -0.299 e. The van der Waals surface area contributed by atoms with Gasteiger partial charge < -0.3 is 0 Å². The first kappa shape index (κ1) is 12.5. The molecule has 2 rings (SSSR count). The van der Waals surface area contributed by atoms with E-state index in [1.54, 1.807) is 6.20 Å². The lowest BCUT2D eigenvalue weighted by Crippen LogP contribution is -2.37. The van der Waals surface area contributed by atoms with E-state index in [9.17, 15) is 0 Å². The van der Waals surface area contributed by atoms with E-state index in [1.165, 1.54) is 31.5 Å². The molecule has 0 N–H and O–H groups in total. The van der Waals surface area contributed by atoms with Crippen LogP contribution in [0.4, 0.5) is 0 Å². The van der Waals surface area contributed by atoms with Crippen molar-refractivity contribution in [3.8, 4) is 0 Å². The van der Waals surface area contributed by atoms with Gasteiger partial charge in [-0.2, -0.15) is 10.2 Å². The standard InChI is InChI=1S/C14H23N3/c1-14(2,3)13-5-8-17(9-6-13)11-12-4-7-15-16-10-12/h4,7,10,13H,5-6,8-9,11H2,1-3H3. The zero-order chi connectivity index (χ0) is 12.3. The van der Waals surface area contributed by atoms with E-state index in [0.29, 0.717) is 5.41 Å². The first-order valence-corrected chi connectivity index (χ1v) is 6.53. The third-order valence-electron chi connectivity index (χ3n) is 3.86. The average Bonchev–Trinajstić information content (AvgIpc) is 2.30. The topological polar surface area (TPSA) is 29.0 Å². The van der Waals surface area contributed by atoms with Crippen LogP contribution in [0.5, 0.6) is 0 Å². The lowest BCUT2D eigenvalue weighted by Gasteiger charge is -2.38. The molecule has 1 saturated heterocycles. The molecule has 1 aliphatic rings. The normalized spacial score (nSPS) is 19.5. The molecular weight excluding hydrogens is 210 g/mol. The number of rotatable bonds is 2. The maximum atomic E-state index is 3.93. The molecule has 0 saturated carbocycles. The molecule has 0 atom stereocenters. The number of hydrogen-bond donors (Lipinski definition) is 0. The van der Waals surface area contributed by atoms with E-state index in [-0.39, 0.29) is 0 Å². The summed E-state index contributed by atoms with van der Waals surface area (Å²) in [4.78, 5) is 2.53. The summed E-state index contributed by atoms with van der Waals surface area (Å²) in [5, 5.41) is 7.74. The molecule has 1 aliphatic heterocycles. The summed E-state index contributed by atoms with van der Waals surface area (Å²) < 4.78 is 0. The lowest BCUT2D eigenvalue weighted by atomic mass is 9.75. The molecule has 1 aromatic heterocycles. The summed E-state index contributed by atoms with van der Waals surface area (Å²) in [5.41, 5.74) is 1.74. The molecule has 3 heteroatoms. The highest BCUT2D eigenvalue weighted by Gasteiger charge is 2.28. The molecule has 1 aromatic rings. The fraction of sp³-hybridized carbons (Fsp3) is 0.714. The molecule has 0 unspecified atom stereocenters. The summed E-state index contributed by atoms with van der Waals surface area (Å²) in [6.07, 6.45) is 6.29. The van der Waals surface area contributed by atoms with Crippen LogP contribution in [0.15, 0.2) is 18.5 Å². The van der Waals surface area contributed by atoms with E-state index in [1.807, 2.05) is 6.20 Å². The van der Waals surface area contributed by atoms with Crippen molar-refractivity contribution in [3.63, 3.8) is 0 Å². The molecule has 0 aromatic carbocycles. The van der Waals surface area contributed by atoms with Gasteiger partial charge in [-0.1, -0.05) is 20.8 Å². The van der Waals surface area contributed by atoms with Gasteiger partial charge in [0.25, 0.3) is 0 Å². The molecule has 3 nitrogen and oxygen atoms in total. The Morgan fingerprint density at radius 1 is 1.24 bits per heavy atom. The van der Waals surface area contributed by atoms with Crippen molar-refractivity contribution < 1.29 is 0 Å². The van der Waals surface area contributed by atoms with Crippen molar-refractivity contribution in [1.29, 1.82) is 0 Å². The summed E-state index contributed by atoms with van der Waals surface area (Å²) in [7, 11) is 0. The highest BCUT2D eigenvalue weighted by atomic mass is 15.1. The Bertz CT molecular complexity index is 334. The molecule has 0 spiro atoms. The van der Waals surface area contributed by atoms with Crippen molar-refractivity contribution >= 4 is 0 Å². The highest BCUT2D eigenvalue weighted by Crippen LogP contribution is 2.34. The summed E-state index contributed by atoms with van der Waals surface area (Å²) >= 11 is 0. The maximum Gasteiger partial charge on any atom is 0.0541 e. The molecule has 94 valence electrons. The van der Waals surface area contributed by atoms with E-state index in [2.05, 4.69) is 41.9 Å². The molecule has 17 heavy (non-hydrogen) atoms. The van der Waals surface area contributed by atoms with Gasteiger partial charge >= 0.3 is 0 Å². The number of nitrogens with zero attached hydrogens (tertiary/aromatic N) is 3. The van der Waals surface area contributed by atoms with Gasteiger partial charge in [0.1, 0.15) is 0 Å². The predicted octanol–water partition coefficient (Wildman–Crippen LogP) is 2.73. The second kappa shape index (κ2) is 5.13. The number of likely N-dealkylation sites (tertiary alicyclic amines) is 1. The van der Waals surface area contributed by atoms with Crippen LogP contribution in [0, 0.1) is 11.3 Å². The Morgan fingerprint density at radius 2 is 1.94 bits per heavy atom. The van der Waals surface area contributed by atoms with Crippen molar-refractivity contribution in [3.05, 3.63) is 24.0 Å². The van der Waals surface area contributed by atoms with Gasteiger partial charge in [0.2, 0.25) is 0 Å². The van der Waals surface area contributed by atoms with Crippen molar-refractivity contribution in [1.82, 2.24) is 15.1 Å². The third kappa shape index (κ3) is 3.50. The van der Waals surface area contributed by atoms with Gasteiger partial charge in [-0.25, -0.2) is 0 Å². The Morgan fingerprint density at radius 3 is 2.47 bits per heavy atom. The molecule has 0 amide bonds. The molecule has 0 bridgehead atoms. The zero-order valence-corrected chi connectivity index (χ0v) is 11.2. The van der Waals surface area contributed by atoms with Gasteiger partial charge in [0.15, 0.2) is 0 Å². The molecule has 0 radical (unpaired) electrons. The zero-order valence-electron chi connectivity index (χ0n) is 11.2. The summed E-state index contributed by atoms with van der Waals surface area (Å²) in [6, 6.07) is 2.06. The van der Waals surface area contributed by atoms with Gasteiger partial charge in [-0.3, -0.25) is 4.90 Å². The van der Waals surface area contributed by atoms with Crippen LogP contribution in [0.25, 0.3) is 0 Å². The predicted molar refractivity (Wildman–Crippen MR) is 69.5 cm³/mol. The summed E-state index contributed by atoms with van der Waals surface area (Å²) in [5.74, 6) is 0.870. The molecular formula is C14H23N3. The first-order valence-electron chi connectivity index (χ1n) is 6.53. The third-order valence-corrected chi connectivity index (χ3v) is 3.86. The Labute approximate surface area is 104 Å². The number of hydrogen-bond acceptors (Lipinski definition) is 3. The Kier molecular flexibility index (Phi) is 3.77. The maximum absolute atomic E-state index is 3.93. The number of piperidine rings is 1. The van der Waals surface area contributed by atoms with Crippen LogP contribution in [0.1, 0.15) is 39.2 Å². The van der Waals surface area contributed by atoms with Crippen LogP contribution < -0.4 is 0 Å². The van der Waals surface area contributed by atoms with Crippen molar-refractivity contribution in [2.45, 2.75) is 40.2 Å². The number of aromatic nitrogens is 2. The first-order chi connectivity index (χ1) is 8.05. The van der Waals surface area contributed by atoms with Crippen LogP contribution in [0.2, 0.25) is 0 Å². The summed E-state index contributed by atoms with van der Waals surface area (Å²) in [6.45, 7) is 10.5. The van der Waals surface area contributed by atoms with E-state index < -0.39 is 0 Å².